The molecule has 0 unspecified atom stereocenters. The lowest BCUT2D eigenvalue weighted by Crippen LogP contribution is -2.49. The van der Waals surface area contributed by atoms with Crippen LogP contribution < -0.4 is 10.6 Å². The fourth-order valence-electron chi connectivity index (χ4n) is 2.30. The lowest BCUT2D eigenvalue weighted by atomic mass is 10.1. The Morgan fingerprint density at radius 3 is 2.61 bits per heavy atom. The number of amides is 2. The van der Waals surface area contributed by atoms with Crippen LogP contribution in [0.25, 0.3) is 0 Å². The number of hydrogen-bond acceptors (Lipinski definition) is 3. The first kappa shape index (κ1) is 13.2. The summed E-state index contributed by atoms with van der Waals surface area (Å²) in [4.78, 5) is 23.6. The third kappa shape index (κ3) is 3.37. The Balaban J connectivity index is 1.88. The number of carbonyl (C=O) groups is 2. The topological polar surface area (TPSA) is 67.4 Å². The molecule has 0 radical (unpaired) electrons. The van der Waals surface area contributed by atoms with E-state index in [1.165, 1.54) is 0 Å². The summed E-state index contributed by atoms with van der Waals surface area (Å²) < 4.78 is 5.17. The molecule has 1 saturated heterocycles. The molecular weight excluding hydrogens is 232 g/mol. The van der Waals surface area contributed by atoms with E-state index in [9.17, 15) is 9.59 Å². The third-order valence-electron chi connectivity index (χ3n) is 3.40. The molecule has 1 aliphatic carbocycles. The molecule has 1 aliphatic heterocycles. The first-order chi connectivity index (χ1) is 8.30. The maximum absolute atomic E-state index is 12.0. The number of nitrogens with one attached hydrogen (secondary N) is 2. The summed E-state index contributed by atoms with van der Waals surface area (Å²) >= 11 is 0. The smallest absolute Gasteiger partial charge is 0.408 e. The van der Waals surface area contributed by atoms with Gasteiger partial charge in [-0.25, -0.2) is 4.79 Å². The van der Waals surface area contributed by atoms with E-state index in [1.54, 1.807) is 20.8 Å². The molecule has 1 spiro atoms. The number of rotatable bonds is 1. The van der Waals surface area contributed by atoms with Crippen molar-refractivity contribution in [2.24, 2.45) is 0 Å². The Morgan fingerprint density at radius 2 is 2.06 bits per heavy atom. The van der Waals surface area contributed by atoms with Crippen molar-refractivity contribution in [1.29, 1.82) is 0 Å². The highest BCUT2D eigenvalue weighted by molar-refractivity contribution is 5.86. The molecule has 1 heterocycles. The van der Waals surface area contributed by atoms with Crippen LogP contribution in [0.2, 0.25) is 0 Å². The summed E-state index contributed by atoms with van der Waals surface area (Å²) in [6, 6.07) is -0.458. The van der Waals surface area contributed by atoms with Gasteiger partial charge in [-0.15, -0.1) is 0 Å². The largest absolute Gasteiger partial charge is 0.444 e. The molecule has 0 aromatic heterocycles. The van der Waals surface area contributed by atoms with Gasteiger partial charge in [-0.1, -0.05) is 0 Å². The monoisotopic (exact) mass is 254 g/mol. The van der Waals surface area contributed by atoms with E-state index in [1.807, 2.05) is 0 Å². The van der Waals surface area contributed by atoms with Gasteiger partial charge in [0.2, 0.25) is 5.91 Å². The molecule has 2 N–H and O–H groups in total. The fraction of sp³-hybridized carbons (Fsp3) is 0.846. The van der Waals surface area contributed by atoms with Crippen LogP contribution in [-0.4, -0.2) is 29.2 Å². The molecule has 2 amide bonds. The van der Waals surface area contributed by atoms with Crippen LogP contribution in [0.15, 0.2) is 0 Å². The van der Waals surface area contributed by atoms with E-state index in [4.69, 9.17) is 4.74 Å². The summed E-state index contributed by atoms with van der Waals surface area (Å²) in [5.74, 6) is -0.0733. The highest BCUT2D eigenvalue weighted by Gasteiger charge is 2.46. The van der Waals surface area contributed by atoms with Crippen molar-refractivity contribution >= 4 is 12.0 Å². The molecule has 5 heteroatoms. The lowest BCUT2D eigenvalue weighted by Gasteiger charge is -2.22. The molecule has 2 aliphatic rings. The van der Waals surface area contributed by atoms with Crippen LogP contribution in [0.3, 0.4) is 0 Å². The zero-order valence-corrected chi connectivity index (χ0v) is 11.3. The minimum absolute atomic E-state index is 0.0431. The summed E-state index contributed by atoms with van der Waals surface area (Å²) in [6.07, 6.45) is 4.28. The second kappa shape index (κ2) is 4.44. The minimum Gasteiger partial charge on any atom is -0.444 e. The van der Waals surface area contributed by atoms with Crippen molar-refractivity contribution in [2.45, 2.75) is 70.1 Å². The van der Waals surface area contributed by atoms with Crippen LogP contribution in [-0.2, 0) is 9.53 Å². The summed E-state index contributed by atoms with van der Waals surface area (Å²) in [6.45, 7) is 5.41. The average molecular weight is 254 g/mol. The van der Waals surface area contributed by atoms with Crippen molar-refractivity contribution in [3.8, 4) is 0 Å². The Bertz CT molecular complexity index is 356. The highest BCUT2D eigenvalue weighted by Crippen LogP contribution is 2.41. The predicted molar refractivity (Wildman–Crippen MR) is 67.1 cm³/mol. The Labute approximate surface area is 108 Å². The number of ether oxygens (including phenoxy) is 1. The van der Waals surface area contributed by atoms with Crippen molar-refractivity contribution in [3.63, 3.8) is 0 Å². The molecule has 1 atom stereocenters. The number of hydrogen-bond donors (Lipinski definition) is 2. The van der Waals surface area contributed by atoms with E-state index < -0.39 is 17.7 Å². The van der Waals surface area contributed by atoms with E-state index in [0.717, 1.165) is 25.7 Å². The van der Waals surface area contributed by atoms with Gasteiger partial charge >= 0.3 is 6.09 Å². The van der Waals surface area contributed by atoms with Gasteiger partial charge in [-0.3, -0.25) is 4.79 Å². The highest BCUT2D eigenvalue weighted by atomic mass is 16.6. The second-order valence-electron chi connectivity index (χ2n) is 6.36. The van der Waals surface area contributed by atoms with E-state index in [2.05, 4.69) is 10.6 Å². The summed E-state index contributed by atoms with van der Waals surface area (Å²) in [7, 11) is 0. The molecule has 1 saturated carbocycles. The standard InChI is InChI=1S/C13H22N2O3/c1-12(2,3)18-11(17)14-9-5-4-6-13(7-8-13)15-10(9)16/h9H,4-8H2,1-3H3,(H,14,17)(H,15,16)/t9-/m0/s1. The van der Waals surface area contributed by atoms with Crippen molar-refractivity contribution in [3.05, 3.63) is 0 Å². The van der Waals surface area contributed by atoms with Gasteiger partial charge in [0, 0.05) is 5.54 Å². The Hall–Kier alpha value is -1.26. The fourth-order valence-corrected chi connectivity index (χ4v) is 2.30. The van der Waals surface area contributed by atoms with Crippen molar-refractivity contribution < 1.29 is 14.3 Å². The van der Waals surface area contributed by atoms with Gasteiger partial charge in [0.05, 0.1) is 0 Å². The first-order valence-corrected chi connectivity index (χ1v) is 6.61. The van der Waals surface area contributed by atoms with Gasteiger partial charge < -0.3 is 15.4 Å². The zero-order valence-electron chi connectivity index (χ0n) is 11.3. The van der Waals surface area contributed by atoms with Crippen molar-refractivity contribution in [2.75, 3.05) is 0 Å². The molecule has 2 fully saturated rings. The molecule has 18 heavy (non-hydrogen) atoms. The Kier molecular flexibility index (Phi) is 3.25. The van der Waals surface area contributed by atoms with Gasteiger partial charge in [-0.05, 0) is 52.9 Å². The summed E-state index contributed by atoms with van der Waals surface area (Å²) in [5.41, 5.74) is -0.496. The maximum Gasteiger partial charge on any atom is 0.408 e. The maximum atomic E-state index is 12.0. The van der Waals surface area contributed by atoms with Gasteiger partial charge in [0.1, 0.15) is 11.6 Å². The molecule has 0 aromatic rings. The van der Waals surface area contributed by atoms with Crippen LogP contribution in [0, 0.1) is 0 Å². The molecule has 102 valence electrons. The SMILES string of the molecule is CC(C)(C)OC(=O)N[C@H]1CCCC2(CC2)NC1=O. The third-order valence-corrected chi connectivity index (χ3v) is 3.40. The average Bonchev–Trinajstić information content (AvgIpc) is 2.94. The van der Waals surface area contributed by atoms with Crippen molar-refractivity contribution in [1.82, 2.24) is 10.6 Å². The summed E-state index contributed by atoms with van der Waals surface area (Å²) in [5, 5.41) is 5.70. The number of carbonyl (C=O) groups excluding carboxylic acids is 2. The molecule has 5 nitrogen and oxygen atoms in total. The van der Waals surface area contributed by atoms with Gasteiger partial charge in [-0.2, -0.15) is 0 Å². The lowest BCUT2D eigenvalue weighted by molar-refractivity contribution is -0.123. The van der Waals surface area contributed by atoms with Crippen LogP contribution in [0.5, 0.6) is 0 Å². The second-order valence-corrected chi connectivity index (χ2v) is 6.36. The van der Waals surface area contributed by atoms with Gasteiger partial charge in [0.15, 0.2) is 0 Å². The van der Waals surface area contributed by atoms with Gasteiger partial charge in [0.25, 0.3) is 0 Å². The van der Waals surface area contributed by atoms with Crippen LogP contribution in [0.1, 0.15) is 52.9 Å². The number of alkyl carbamates (subject to hydrolysis) is 1. The normalized spacial score (nSPS) is 26.2. The Morgan fingerprint density at radius 1 is 1.39 bits per heavy atom. The molecule has 2 rings (SSSR count). The molecular formula is C13H22N2O3. The van der Waals surface area contributed by atoms with E-state index >= 15 is 0 Å². The quantitative estimate of drug-likeness (QED) is 0.748. The molecule has 0 bridgehead atoms. The molecule has 0 aromatic carbocycles. The van der Waals surface area contributed by atoms with Crippen LogP contribution in [0.4, 0.5) is 4.79 Å². The zero-order chi connectivity index (χ0) is 13.4. The van der Waals surface area contributed by atoms with Crippen LogP contribution >= 0.6 is 0 Å². The first-order valence-electron chi connectivity index (χ1n) is 6.61. The van der Waals surface area contributed by atoms with E-state index in [-0.39, 0.29) is 11.4 Å². The predicted octanol–water partition coefficient (Wildman–Crippen LogP) is 1.71. The van der Waals surface area contributed by atoms with E-state index in [0.29, 0.717) is 6.42 Å². The minimum atomic E-state index is -0.539.